The van der Waals surface area contributed by atoms with Gasteiger partial charge in [-0.3, -0.25) is 14.5 Å². The molecule has 1 aromatic carbocycles. The van der Waals surface area contributed by atoms with Gasteiger partial charge in [0.15, 0.2) is 0 Å². The summed E-state index contributed by atoms with van der Waals surface area (Å²) in [5.74, 6) is -0.173. The molecule has 0 radical (unpaired) electrons. The molecule has 0 saturated carbocycles. The molecule has 1 N–H and O–H groups in total. The number of amides is 1. The number of esters is 1. The molecule has 0 spiro atoms. The van der Waals surface area contributed by atoms with Gasteiger partial charge >= 0.3 is 5.97 Å². The monoisotopic (exact) mass is 304 g/mol. The third-order valence-electron chi connectivity index (χ3n) is 4.37. The Morgan fingerprint density at radius 2 is 1.95 bits per heavy atom. The summed E-state index contributed by atoms with van der Waals surface area (Å²) in [6, 6.07) is 5.89. The van der Waals surface area contributed by atoms with Gasteiger partial charge in [0.2, 0.25) is 5.91 Å². The number of nitrogens with zero attached hydrogens (tertiary/aromatic N) is 1. The first kappa shape index (κ1) is 16.5. The van der Waals surface area contributed by atoms with Crippen LogP contribution in [-0.4, -0.2) is 43.5 Å². The van der Waals surface area contributed by atoms with E-state index in [0.29, 0.717) is 6.54 Å². The van der Waals surface area contributed by atoms with Crippen molar-refractivity contribution in [1.29, 1.82) is 0 Å². The van der Waals surface area contributed by atoms with E-state index in [9.17, 15) is 9.59 Å². The number of nitrogens with one attached hydrogen (secondary N) is 1. The lowest BCUT2D eigenvalue weighted by Gasteiger charge is -2.30. The zero-order valence-corrected chi connectivity index (χ0v) is 13.5. The van der Waals surface area contributed by atoms with Crippen LogP contribution in [0.2, 0.25) is 0 Å². The third kappa shape index (κ3) is 4.07. The van der Waals surface area contributed by atoms with Crippen molar-refractivity contribution in [2.24, 2.45) is 5.92 Å². The van der Waals surface area contributed by atoms with E-state index in [4.69, 9.17) is 4.74 Å². The van der Waals surface area contributed by atoms with Crippen LogP contribution in [0.1, 0.15) is 24.0 Å². The smallest absolute Gasteiger partial charge is 0.308 e. The first-order chi connectivity index (χ1) is 10.5. The lowest BCUT2D eigenvalue weighted by Crippen LogP contribution is -2.41. The Balaban J connectivity index is 1.83. The van der Waals surface area contributed by atoms with Gasteiger partial charge in [-0.15, -0.1) is 0 Å². The topological polar surface area (TPSA) is 58.6 Å². The van der Waals surface area contributed by atoms with Crippen molar-refractivity contribution in [3.05, 3.63) is 29.3 Å². The van der Waals surface area contributed by atoms with Crippen molar-refractivity contribution >= 4 is 17.6 Å². The largest absolute Gasteiger partial charge is 0.469 e. The van der Waals surface area contributed by atoms with Gasteiger partial charge in [-0.1, -0.05) is 12.1 Å². The maximum Gasteiger partial charge on any atom is 0.308 e. The fraction of sp³-hybridized carbons (Fsp3) is 0.529. The highest BCUT2D eigenvalue weighted by Gasteiger charge is 2.26. The zero-order valence-electron chi connectivity index (χ0n) is 13.5. The molecule has 5 heteroatoms. The van der Waals surface area contributed by atoms with Gasteiger partial charge in [0.25, 0.3) is 0 Å². The van der Waals surface area contributed by atoms with Gasteiger partial charge < -0.3 is 10.1 Å². The molecule has 5 nitrogen and oxygen atoms in total. The number of aryl methyl sites for hydroxylation is 1. The summed E-state index contributed by atoms with van der Waals surface area (Å²) in [5, 5.41) is 2.97. The van der Waals surface area contributed by atoms with Gasteiger partial charge in [0.1, 0.15) is 0 Å². The number of piperidine rings is 1. The molecule has 1 aliphatic heterocycles. The summed E-state index contributed by atoms with van der Waals surface area (Å²) in [4.78, 5) is 25.7. The second-order valence-electron chi connectivity index (χ2n) is 5.87. The molecule has 22 heavy (non-hydrogen) atoms. The molecule has 0 atom stereocenters. The predicted molar refractivity (Wildman–Crippen MR) is 85.7 cm³/mol. The molecule has 0 bridgehead atoms. The lowest BCUT2D eigenvalue weighted by molar-refractivity contribution is -0.147. The SMILES string of the molecule is COC(=O)C1CCN(CC(=O)Nc2cccc(C)c2C)CC1. The molecule has 0 aliphatic carbocycles. The Hall–Kier alpha value is -1.88. The molecule has 1 fully saturated rings. The average molecular weight is 304 g/mol. The molecular weight excluding hydrogens is 280 g/mol. The zero-order chi connectivity index (χ0) is 16.1. The highest BCUT2D eigenvalue weighted by molar-refractivity contribution is 5.93. The molecule has 1 aliphatic rings. The highest BCUT2D eigenvalue weighted by Crippen LogP contribution is 2.20. The molecule has 2 rings (SSSR count). The van der Waals surface area contributed by atoms with E-state index in [0.717, 1.165) is 42.7 Å². The van der Waals surface area contributed by atoms with Crippen LogP contribution in [-0.2, 0) is 14.3 Å². The first-order valence-electron chi connectivity index (χ1n) is 7.67. The average Bonchev–Trinajstić information content (AvgIpc) is 2.52. The van der Waals surface area contributed by atoms with Gasteiger partial charge in [-0.25, -0.2) is 0 Å². The second kappa shape index (κ2) is 7.40. The van der Waals surface area contributed by atoms with Crippen LogP contribution in [0.15, 0.2) is 18.2 Å². The normalized spacial score (nSPS) is 16.3. The van der Waals surface area contributed by atoms with Crippen LogP contribution in [0, 0.1) is 19.8 Å². The van der Waals surface area contributed by atoms with E-state index in [1.54, 1.807) is 0 Å². The summed E-state index contributed by atoms with van der Waals surface area (Å²) in [7, 11) is 1.42. The van der Waals surface area contributed by atoms with E-state index < -0.39 is 0 Å². The van der Waals surface area contributed by atoms with E-state index in [1.165, 1.54) is 7.11 Å². The Morgan fingerprint density at radius 1 is 1.27 bits per heavy atom. The minimum atomic E-state index is -0.139. The molecular formula is C17H24N2O3. The summed E-state index contributed by atoms with van der Waals surface area (Å²) in [6.07, 6.45) is 1.51. The van der Waals surface area contributed by atoms with Crippen LogP contribution in [0.3, 0.4) is 0 Å². The number of rotatable bonds is 4. The Kier molecular flexibility index (Phi) is 5.55. The minimum absolute atomic E-state index is 0.00906. The van der Waals surface area contributed by atoms with Gasteiger partial charge in [0.05, 0.1) is 19.6 Å². The molecule has 1 saturated heterocycles. The number of anilines is 1. The quantitative estimate of drug-likeness (QED) is 0.866. The standard InChI is InChI=1S/C17H24N2O3/c1-12-5-4-6-15(13(12)2)18-16(20)11-19-9-7-14(8-10-19)17(21)22-3/h4-6,14H,7-11H2,1-3H3,(H,18,20). The number of benzene rings is 1. The van der Waals surface area contributed by atoms with E-state index in [2.05, 4.69) is 10.2 Å². The summed E-state index contributed by atoms with van der Waals surface area (Å²) >= 11 is 0. The lowest BCUT2D eigenvalue weighted by atomic mass is 9.97. The van der Waals surface area contributed by atoms with E-state index in [1.807, 2.05) is 32.0 Å². The van der Waals surface area contributed by atoms with Gasteiger partial charge in [-0.2, -0.15) is 0 Å². The van der Waals surface area contributed by atoms with Crippen LogP contribution in [0.4, 0.5) is 5.69 Å². The van der Waals surface area contributed by atoms with Crippen LogP contribution >= 0.6 is 0 Å². The molecule has 0 aromatic heterocycles. The van der Waals surface area contributed by atoms with Crippen molar-refractivity contribution in [3.63, 3.8) is 0 Å². The number of likely N-dealkylation sites (tertiary alicyclic amines) is 1. The molecule has 1 amide bonds. The predicted octanol–water partition coefficient (Wildman–Crippen LogP) is 2.13. The van der Waals surface area contributed by atoms with E-state index >= 15 is 0 Å². The Labute approximate surface area is 131 Å². The van der Waals surface area contributed by atoms with Gasteiger partial charge in [-0.05, 0) is 57.0 Å². The minimum Gasteiger partial charge on any atom is -0.469 e. The third-order valence-corrected chi connectivity index (χ3v) is 4.37. The molecule has 120 valence electrons. The van der Waals surface area contributed by atoms with Crippen molar-refractivity contribution in [2.45, 2.75) is 26.7 Å². The van der Waals surface area contributed by atoms with Crippen LogP contribution < -0.4 is 5.32 Å². The van der Waals surface area contributed by atoms with E-state index in [-0.39, 0.29) is 17.8 Å². The molecule has 1 heterocycles. The number of ether oxygens (including phenoxy) is 1. The number of carbonyl (C=O) groups is 2. The number of hydrogen-bond donors (Lipinski definition) is 1. The Bertz CT molecular complexity index is 549. The van der Waals surface area contributed by atoms with Crippen molar-refractivity contribution < 1.29 is 14.3 Å². The summed E-state index contributed by atoms with van der Waals surface area (Å²) in [6.45, 7) is 5.90. The number of carbonyl (C=O) groups excluding carboxylic acids is 2. The number of hydrogen-bond acceptors (Lipinski definition) is 4. The first-order valence-corrected chi connectivity index (χ1v) is 7.67. The number of methoxy groups -OCH3 is 1. The van der Waals surface area contributed by atoms with Crippen molar-refractivity contribution in [3.8, 4) is 0 Å². The maximum atomic E-state index is 12.2. The van der Waals surface area contributed by atoms with Crippen LogP contribution in [0.5, 0.6) is 0 Å². The van der Waals surface area contributed by atoms with Crippen LogP contribution in [0.25, 0.3) is 0 Å². The molecule has 1 aromatic rings. The summed E-state index contributed by atoms with van der Waals surface area (Å²) < 4.78 is 4.77. The fourth-order valence-electron chi connectivity index (χ4n) is 2.77. The van der Waals surface area contributed by atoms with Crippen molar-refractivity contribution in [1.82, 2.24) is 4.90 Å². The maximum absolute atomic E-state index is 12.2. The van der Waals surface area contributed by atoms with Crippen molar-refractivity contribution in [2.75, 3.05) is 32.1 Å². The second-order valence-corrected chi connectivity index (χ2v) is 5.87. The fourth-order valence-corrected chi connectivity index (χ4v) is 2.77. The summed E-state index contributed by atoms with van der Waals surface area (Å²) in [5.41, 5.74) is 3.13. The van der Waals surface area contributed by atoms with Gasteiger partial charge in [0, 0.05) is 5.69 Å². The molecule has 0 unspecified atom stereocenters. The Morgan fingerprint density at radius 3 is 2.59 bits per heavy atom. The highest BCUT2D eigenvalue weighted by atomic mass is 16.5.